The summed E-state index contributed by atoms with van der Waals surface area (Å²) in [5.41, 5.74) is 1.28. The molecule has 1 heterocycles. The van der Waals surface area contributed by atoms with E-state index >= 15 is 0 Å². The predicted octanol–water partition coefficient (Wildman–Crippen LogP) is 4.59. The standard InChI is InChI=1S/C17H12O2S/c18-11-13-7-12(8-15(19)9-13)5-6-16-10-14-3-1-2-4-17(14)20-16/h1-11,19H/b6-5+. The van der Waals surface area contributed by atoms with Crippen LogP contribution in [0, 0.1) is 0 Å². The average Bonchev–Trinajstić information content (AvgIpc) is 2.87. The van der Waals surface area contributed by atoms with E-state index in [1.165, 1.54) is 16.2 Å². The Balaban J connectivity index is 1.93. The largest absolute Gasteiger partial charge is 0.508 e. The summed E-state index contributed by atoms with van der Waals surface area (Å²) < 4.78 is 1.25. The van der Waals surface area contributed by atoms with Gasteiger partial charge in [0, 0.05) is 15.1 Å². The number of aromatic hydroxyl groups is 1. The molecule has 0 unspecified atom stereocenters. The van der Waals surface area contributed by atoms with E-state index in [1.54, 1.807) is 23.5 Å². The molecule has 3 heteroatoms. The molecule has 0 radical (unpaired) electrons. The van der Waals surface area contributed by atoms with Crippen molar-refractivity contribution in [2.24, 2.45) is 0 Å². The van der Waals surface area contributed by atoms with Crippen molar-refractivity contribution in [3.63, 3.8) is 0 Å². The Kier molecular flexibility index (Phi) is 3.35. The number of thiophene rings is 1. The molecule has 2 aromatic carbocycles. The van der Waals surface area contributed by atoms with E-state index in [-0.39, 0.29) is 5.75 Å². The van der Waals surface area contributed by atoms with E-state index in [1.807, 2.05) is 24.3 Å². The second kappa shape index (κ2) is 5.31. The van der Waals surface area contributed by atoms with Crippen LogP contribution >= 0.6 is 11.3 Å². The fraction of sp³-hybridized carbons (Fsp3) is 0. The van der Waals surface area contributed by atoms with Crippen LogP contribution in [-0.2, 0) is 0 Å². The van der Waals surface area contributed by atoms with Crippen LogP contribution in [0.25, 0.3) is 22.2 Å². The number of carbonyl (C=O) groups excluding carboxylic acids is 1. The molecule has 1 N–H and O–H groups in total. The second-order valence-electron chi connectivity index (χ2n) is 4.50. The van der Waals surface area contributed by atoms with E-state index < -0.39 is 0 Å². The van der Waals surface area contributed by atoms with Crippen LogP contribution in [-0.4, -0.2) is 11.4 Å². The maximum absolute atomic E-state index is 10.8. The molecular weight excluding hydrogens is 268 g/mol. The minimum Gasteiger partial charge on any atom is -0.508 e. The highest BCUT2D eigenvalue weighted by atomic mass is 32.1. The van der Waals surface area contributed by atoms with Gasteiger partial charge >= 0.3 is 0 Å². The van der Waals surface area contributed by atoms with E-state index in [0.717, 1.165) is 16.7 Å². The van der Waals surface area contributed by atoms with E-state index in [9.17, 15) is 9.90 Å². The smallest absolute Gasteiger partial charge is 0.150 e. The molecule has 0 spiro atoms. The van der Waals surface area contributed by atoms with Crippen LogP contribution in [0.2, 0.25) is 0 Å². The first-order valence-electron chi connectivity index (χ1n) is 6.20. The molecule has 0 amide bonds. The van der Waals surface area contributed by atoms with Gasteiger partial charge in [-0.25, -0.2) is 0 Å². The lowest BCUT2D eigenvalue weighted by Crippen LogP contribution is -1.81. The molecule has 0 saturated carbocycles. The van der Waals surface area contributed by atoms with Gasteiger partial charge in [0.1, 0.15) is 12.0 Å². The fourth-order valence-corrected chi connectivity index (χ4v) is 3.05. The van der Waals surface area contributed by atoms with Crippen molar-refractivity contribution in [3.05, 3.63) is 64.5 Å². The quantitative estimate of drug-likeness (QED) is 0.712. The number of hydrogen-bond donors (Lipinski definition) is 1. The molecule has 98 valence electrons. The molecule has 20 heavy (non-hydrogen) atoms. The van der Waals surface area contributed by atoms with Gasteiger partial charge in [-0.2, -0.15) is 0 Å². The van der Waals surface area contributed by atoms with Crippen molar-refractivity contribution in [3.8, 4) is 5.75 Å². The molecule has 0 atom stereocenters. The van der Waals surface area contributed by atoms with Crippen molar-refractivity contribution < 1.29 is 9.90 Å². The summed E-state index contributed by atoms with van der Waals surface area (Å²) in [5.74, 6) is 0.102. The summed E-state index contributed by atoms with van der Waals surface area (Å²) in [6.45, 7) is 0. The average molecular weight is 280 g/mol. The van der Waals surface area contributed by atoms with Gasteiger partial charge < -0.3 is 5.11 Å². The van der Waals surface area contributed by atoms with Gasteiger partial charge in [-0.1, -0.05) is 24.3 Å². The van der Waals surface area contributed by atoms with Gasteiger partial charge in [0.25, 0.3) is 0 Å². The summed E-state index contributed by atoms with van der Waals surface area (Å²) in [4.78, 5) is 11.9. The Morgan fingerprint density at radius 2 is 1.75 bits per heavy atom. The Labute approximate surface area is 120 Å². The first kappa shape index (κ1) is 12.6. The van der Waals surface area contributed by atoms with E-state index in [4.69, 9.17) is 0 Å². The van der Waals surface area contributed by atoms with Crippen LogP contribution in [0.1, 0.15) is 20.8 Å². The second-order valence-corrected chi connectivity index (χ2v) is 5.61. The van der Waals surface area contributed by atoms with Crippen LogP contribution in [0.4, 0.5) is 0 Å². The number of phenolic OH excluding ortho intramolecular Hbond substituents is 1. The van der Waals surface area contributed by atoms with Crippen LogP contribution in [0.15, 0.2) is 48.5 Å². The highest BCUT2D eigenvalue weighted by molar-refractivity contribution is 7.19. The maximum atomic E-state index is 10.8. The number of hydrogen-bond acceptors (Lipinski definition) is 3. The molecule has 0 saturated heterocycles. The normalized spacial score (nSPS) is 11.2. The first-order valence-corrected chi connectivity index (χ1v) is 7.02. The number of phenols is 1. The minimum absolute atomic E-state index is 0.102. The molecule has 0 fully saturated rings. The number of benzene rings is 2. The highest BCUT2D eigenvalue weighted by Gasteiger charge is 1.99. The SMILES string of the molecule is O=Cc1cc(O)cc(/C=C/c2cc3ccccc3s2)c1. The Bertz CT molecular complexity index is 767. The van der Waals surface area contributed by atoms with Gasteiger partial charge in [0.05, 0.1) is 0 Å². The Morgan fingerprint density at radius 1 is 0.950 bits per heavy atom. The lowest BCUT2D eigenvalue weighted by Gasteiger charge is -1.97. The molecule has 3 rings (SSSR count). The summed E-state index contributed by atoms with van der Waals surface area (Å²) in [7, 11) is 0. The van der Waals surface area contributed by atoms with Gasteiger partial charge in [-0.15, -0.1) is 11.3 Å². The summed E-state index contributed by atoms with van der Waals surface area (Å²) in [6.07, 6.45) is 4.63. The zero-order chi connectivity index (χ0) is 13.9. The van der Waals surface area contributed by atoms with Crippen molar-refractivity contribution >= 4 is 39.9 Å². The van der Waals surface area contributed by atoms with Crippen molar-refractivity contribution in [2.75, 3.05) is 0 Å². The maximum Gasteiger partial charge on any atom is 0.150 e. The summed E-state index contributed by atoms with van der Waals surface area (Å²) in [6, 6.07) is 15.2. The highest BCUT2D eigenvalue weighted by Crippen LogP contribution is 2.27. The Hall–Kier alpha value is -2.39. The van der Waals surface area contributed by atoms with E-state index in [0.29, 0.717) is 5.56 Å². The van der Waals surface area contributed by atoms with Crippen molar-refractivity contribution in [1.82, 2.24) is 0 Å². The third-order valence-electron chi connectivity index (χ3n) is 2.98. The van der Waals surface area contributed by atoms with Gasteiger partial charge in [-0.3, -0.25) is 4.79 Å². The molecular formula is C17H12O2S. The van der Waals surface area contributed by atoms with Crippen LogP contribution in [0.3, 0.4) is 0 Å². The lowest BCUT2D eigenvalue weighted by atomic mass is 10.1. The first-order chi connectivity index (χ1) is 9.74. The van der Waals surface area contributed by atoms with Gasteiger partial charge in [-0.05, 0) is 47.4 Å². The summed E-state index contributed by atoms with van der Waals surface area (Å²) in [5, 5.41) is 10.8. The third kappa shape index (κ3) is 2.63. The van der Waals surface area contributed by atoms with E-state index in [2.05, 4.69) is 18.2 Å². The number of fused-ring (bicyclic) bond motifs is 1. The molecule has 0 aliphatic carbocycles. The minimum atomic E-state index is 0.102. The fourth-order valence-electron chi connectivity index (χ4n) is 2.09. The van der Waals surface area contributed by atoms with Gasteiger partial charge in [0.15, 0.2) is 0 Å². The van der Waals surface area contributed by atoms with Crippen molar-refractivity contribution in [2.45, 2.75) is 0 Å². The zero-order valence-corrected chi connectivity index (χ0v) is 11.4. The predicted molar refractivity (Wildman–Crippen MR) is 84.2 cm³/mol. The topological polar surface area (TPSA) is 37.3 Å². The molecule has 3 aromatic rings. The molecule has 2 nitrogen and oxygen atoms in total. The molecule has 1 aromatic heterocycles. The number of rotatable bonds is 3. The molecule has 0 aliphatic rings. The van der Waals surface area contributed by atoms with Crippen molar-refractivity contribution in [1.29, 1.82) is 0 Å². The number of carbonyl (C=O) groups is 1. The van der Waals surface area contributed by atoms with Gasteiger partial charge in [0.2, 0.25) is 0 Å². The summed E-state index contributed by atoms with van der Waals surface area (Å²) >= 11 is 1.71. The molecule has 0 aliphatic heterocycles. The number of aldehydes is 1. The lowest BCUT2D eigenvalue weighted by molar-refractivity contribution is 0.112. The molecule has 0 bridgehead atoms. The van der Waals surface area contributed by atoms with Crippen LogP contribution < -0.4 is 0 Å². The zero-order valence-electron chi connectivity index (χ0n) is 10.6. The third-order valence-corrected chi connectivity index (χ3v) is 4.06. The monoisotopic (exact) mass is 280 g/mol. The Morgan fingerprint density at radius 3 is 2.55 bits per heavy atom. The van der Waals surface area contributed by atoms with Crippen LogP contribution in [0.5, 0.6) is 5.75 Å².